The van der Waals surface area contributed by atoms with Crippen LogP contribution in [0.3, 0.4) is 0 Å². The van der Waals surface area contributed by atoms with Crippen molar-refractivity contribution in [2.45, 2.75) is 123 Å². The predicted octanol–water partition coefficient (Wildman–Crippen LogP) is 5.30. The van der Waals surface area contributed by atoms with Gasteiger partial charge in [0.15, 0.2) is 0 Å². The highest BCUT2D eigenvalue weighted by atomic mass is 32.1. The Labute approximate surface area is 277 Å². The van der Waals surface area contributed by atoms with E-state index >= 15 is 0 Å². The first-order valence-electron chi connectivity index (χ1n) is 16.5. The molecule has 3 amide bonds. The Kier molecular flexibility index (Phi) is 14.6. The number of unbranched alkanes of at least 4 members (excludes halogenated alkanes) is 7. The van der Waals surface area contributed by atoms with Crippen molar-refractivity contribution in [1.82, 2.24) is 20.5 Å². The van der Waals surface area contributed by atoms with Crippen molar-refractivity contribution in [2.24, 2.45) is 5.41 Å². The number of hydrogen-bond acceptors (Lipinski definition) is 8. The van der Waals surface area contributed by atoms with Crippen molar-refractivity contribution >= 4 is 35.0 Å². The molecule has 1 aliphatic heterocycles. The summed E-state index contributed by atoms with van der Waals surface area (Å²) in [6, 6.07) is 6.29. The number of nitrogens with one attached hydrogen (secondary N) is 2. The van der Waals surface area contributed by atoms with Gasteiger partial charge in [0.25, 0.3) is 0 Å². The van der Waals surface area contributed by atoms with E-state index in [-0.39, 0.29) is 36.7 Å². The number of methoxy groups -OCH3 is 1. The van der Waals surface area contributed by atoms with E-state index in [4.69, 9.17) is 0 Å². The van der Waals surface area contributed by atoms with Crippen molar-refractivity contribution in [3.8, 4) is 10.4 Å². The Balaban J connectivity index is 1.46. The number of rotatable bonds is 17. The molecule has 0 bridgehead atoms. The summed E-state index contributed by atoms with van der Waals surface area (Å²) in [5, 5.41) is 16.3. The van der Waals surface area contributed by atoms with Crippen LogP contribution < -0.4 is 10.6 Å². The number of thiazole rings is 1. The number of amides is 3. The number of ether oxygens (including phenoxy) is 1. The Morgan fingerprint density at radius 3 is 2.17 bits per heavy atom. The number of carbonyl (C=O) groups is 4. The van der Waals surface area contributed by atoms with Crippen LogP contribution in [0, 0.1) is 12.3 Å². The Bertz CT molecular complexity index is 1290. The molecular formula is C35H52N4O6S. The Morgan fingerprint density at radius 1 is 1.00 bits per heavy atom. The van der Waals surface area contributed by atoms with E-state index in [2.05, 4.69) is 20.4 Å². The van der Waals surface area contributed by atoms with E-state index in [0.29, 0.717) is 19.4 Å². The lowest BCUT2D eigenvalue weighted by Gasteiger charge is -2.35. The summed E-state index contributed by atoms with van der Waals surface area (Å²) in [6.07, 6.45) is 7.96. The standard InChI is InChI=1S/C35H52N4O6S/c1-24-31(46-23-37-24)26-18-16-25(17-19-26)21-36-33(43)28-20-27(40)22-39(28)34(44)32(35(2,3)4)38-29(41)14-12-10-8-6-7-9-11-13-15-30(42)45-5/h16-19,23,27-28,32,40H,6-15,20-22H2,1-5H3,(H,36,43)(H,38,41)/t27-,28+,32?/m1/s1. The first-order valence-corrected chi connectivity index (χ1v) is 17.4. The fourth-order valence-corrected chi connectivity index (χ4v) is 6.54. The normalized spacial score (nSPS) is 17.0. The number of benzene rings is 1. The maximum atomic E-state index is 13.8. The fourth-order valence-electron chi connectivity index (χ4n) is 5.73. The molecule has 0 radical (unpaired) electrons. The van der Waals surface area contributed by atoms with Crippen LogP contribution >= 0.6 is 11.3 Å². The second-order valence-electron chi connectivity index (χ2n) is 13.3. The highest BCUT2D eigenvalue weighted by molar-refractivity contribution is 7.13. The zero-order valence-electron chi connectivity index (χ0n) is 28.1. The largest absolute Gasteiger partial charge is 0.469 e. The lowest BCUT2D eigenvalue weighted by Crippen LogP contribution is -2.57. The number of carbonyl (C=O) groups excluding carboxylic acids is 4. The summed E-state index contributed by atoms with van der Waals surface area (Å²) >= 11 is 1.59. The molecule has 11 heteroatoms. The molecule has 0 spiro atoms. The van der Waals surface area contributed by atoms with E-state index in [1.165, 1.54) is 12.0 Å². The number of aliphatic hydroxyl groups is 1. The number of esters is 1. The minimum atomic E-state index is -0.826. The highest BCUT2D eigenvalue weighted by Gasteiger charge is 2.44. The molecule has 1 saturated heterocycles. The van der Waals surface area contributed by atoms with Crippen LogP contribution in [0.25, 0.3) is 10.4 Å². The maximum Gasteiger partial charge on any atom is 0.305 e. The number of aliphatic hydroxyl groups excluding tert-OH is 1. The summed E-state index contributed by atoms with van der Waals surface area (Å²) in [6.45, 7) is 7.98. The molecule has 0 aliphatic carbocycles. The van der Waals surface area contributed by atoms with Gasteiger partial charge in [0.05, 0.1) is 29.3 Å². The van der Waals surface area contributed by atoms with Gasteiger partial charge >= 0.3 is 5.97 Å². The van der Waals surface area contributed by atoms with E-state index in [9.17, 15) is 24.3 Å². The molecule has 46 heavy (non-hydrogen) atoms. The number of aryl methyl sites for hydroxylation is 1. The molecule has 1 aromatic carbocycles. The van der Waals surface area contributed by atoms with Crippen LogP contribution in [0.5, 0.6) is 0 Å². The molecule has 3 rings (SSSR count). The van der Waals surface area contributed by atoms with E-state index in [1.54, 1.807) is 11.3 Å². The minimum absolute atomic E-state index is 0.0466. The molecule has 1 aromatic heterocycles. The number of aromatic nitrogens is 1. The van der Waals surface area contributed by atoms with Crippen molar-refractivity contribution in [3.63, 3.8) is 0 Å². The average Bonchev–Trinajstić information content (AvgIpc) is 3.64. The molecule has 2 aromatic rings. The van der Waals surface area contributed by atoms with Crippen molar-refractivity contribution < 1.29 is 29.0 Å². The minimum Gasteiger partial charge on any atom is -0.469 e. The highest BCUT2D eigenvalue weighted by Crippen LogP contribution is 2.28. The average molecular weight is 657 g/mol. The van der Waals surface area contributed by atoms with Crippen molar-refractivity contribution in [2.75, 3.05) is 13.7 Å². The van der Waals surface area contributed by atoms with Gasteiger partial charge in [0, 0.05) is 32.4 Å². The second-order valence-corrected chi connectivity index (χ2v) is 14.2. The molecule has 3 atom stereocenters. The van der Waals surface area contributed by atoms with Crippen LogP contribution in [0.1, 0.15) is 103 Å². The summed E-state index contributed by atoms with van der Waals surface area (Å²) in [4.78, 5) is 58.0. The maximum absolute atomic E-state index is 13.8. The molecule has 1 aliphatic rings. The molecule has 254 valence electrons. The van der Waals surface area contributed by atoms with Gasteiger partial charge in [-0.2, -0.15) is 0 Å². The smallest absolute Gasteiger partial charge is 0.305 e. The fraction of sp³-hybridized carbons (Fsp3) is 0.629. The SMILES string of the molecule is COC(=O)CCCCCCCCCCC(=O)NC(C(=O)N1C[C@H](O)C[C@H]1C(=O)NCc1ccc(-c2scnc2C)cc1)C(C)(C)C. The lowest BCUT2D eigenvalue weighted by atomic mass is 9.85. The lowest BCUT2D eigenvalue weighted by molar-refractivity contribution is -0.144. The monoisotopic (exact) mass is 656 g/mol. The van der Waals surface area contributed by atoms with Crippen LogP contribution in [0.4, 0.5) is 0 Å². The number of nitrogens with zero attached hydrogens (tertiary/aromatic N) is 2. The Hall–Kier alpha value is -3.31. The first-order chi connectivity index (χ1) is 21.9. The van der Waals surface area contributed by atoms with Crippen LogP contribution in [-0.2, 0) is 30.5 Å². The molecule has 1 unspecified atom stereocenters. The quantitative estimate of drug-likeness (QED) is 0.155. The number of hydrogen-bond donors (Lipinski definition) is 3. The summed E-state index contributed by atoms with van der Waals surface area (Å²) in [5.41, 5.74) is 4.20. The molecular weight excluding hydrogens is 604 g/mol. The summed E-state index contributed by atoms with van der Waals surface area (Å²) in [5.74, 6) is -1.02. The van der Waals surface area contributed by atoms with Crippen LogP contribution in [0.15, 0.2) is 29.8 Å². The second kappa shape index (κ2) is 18.1. The third-order valence-electron chi connectivity index (χ3n) is 8.47. The van der Waals surface area contributed by atoms with Gasteiger partial charge in [0.1, 0.15) is 12.1 Å². The van der Waals surface area contributed by atoms with Gasteiger partial charge in [-0.25, -0.2) is 4.98 Å². The van der Waals surface area contributed by atoms with Gasteiger partial charge in [-0.15, -0.1) is 11.3 Å². The first kappa shape index (κ1) is 37.2. The van der Waals surface area contributed by atoms with E-state index in [0.717, 1.165) is 73.1 Å². The number of likely N-dealkylation sites (tertiary alicyclic amines) is 1. The van der Waals surface area contributed by atoms with E-state index < -0.39 is 23.6 Å². The van der Waals surface area contributed by atoms with Gasteiger partial charge in [-0.05, 0) is 36.3 Å². The van der Waals surface area contributed by atoms with Crippen LogP contribution in [-0.4, -0.2) is 70.5 Å². The molecule has 2 heterocycles. The molecule has 3 N–H and O–H groups in total. The topological polar surface area (TPSA) is 138 Å². The summed E-state index contributed by atoms with van der Waals surface area (Å²) < 4.78 is 4.66. The van der Waals surface area contributed by atoms with Gasteiger partial charge in [0.2, 0.25) is 17.7 Å². The molecule has 0 saturated carbocycles. The van der Waals surface area contributed by atoms with Gasteiger partial charge < -0.3 is 25.4 Å². The zero-order chi connectivity index (χ0) is 33.7. The third kappa shape index (κ3) is 11.5. The Morgan fingerprint density at radius 2 is 1.61 bits per heavy atom. The predicted molar refractivity (Wildman–Crippen MR) is 180 cm³/mol. The molecule has 10 nitrogen and oxygen atoms in total. The molecule has 1 fully saturated rings. The van der Waals surface area contributed by atoms with Crippen LogP contribution in [0.2, 0.25) is 0 Å². The number of β-amino-alcohol motifs (C(OH)–C–C–N with tert-alkyl or cyclic N) is 1. The van der Waals surface area contributed by atoms with Crippen molar-refractivity contribution in [1.29, 1.82) is 0 Å². The van der Waals surface area contributed by atoms with Gasteiger partial charge in [-0.3, -0.25) is 19.2 Å². The third-order valence-corrected chi connectivity index (χ3v) is 9.45. The van der Waals surface area contributed by atoms with E-state index in [1.807, 2.05) is 57.5 Å². The zero-order valence-corrected chi connectivity index (χ0v) is 28.9. The van der Waals surface area contributed by atoms with Gasteiger partial charge in [-0.1, -0.05) is 83.6 Å². The van der Waals surface area contributed by atoms with Crippen molar-refractivity contribution in [3.05, 3.63) is 41.0 Å². The summed E-state index contributed by atoms with van der Waals surface area (Å²) in [7, 11) is 1.41.